The maximum absolute atomic E-state index is 13.3. The topological polar surface area (TPSA) is 51.1 Å². The average molecular weight is 348 g/mol. The zero-order valence-corrected chi connectivity index (χ0v) is 12.5. The van der Waals surface area contributed by atoms with Crippen molar-refractivity contribution in [1.82, 2.24) is 9.88 Å². The number of alkyl halides is 3. The molecule has 4 nitrogen and oxygen atoms in total. The summed E-state index contributed by atoms with van der Waals surface area (Å²) < 4.78 is 64.3. The Hall–Kier alpha value is -2.45. The van der Waals surface area contributed by atoms with Crippen LogP contribution in [0.25, 0.3) is 10.8 Å². The molecule has 2 aromatic rings. The molecule has 0 radical (unpaired) electrons. The fraction of sp³-hybridized carbons (Fsp3) is 0.333. The number of hydrogen-bond donors (Lipinski definition) is 1. The summed E-state index contributed by atoms with van der Waals surface area (Å²) in [5.41, 5.74) is -1.12. The number of pyridine rings is 1. The fourth-order valence-corrected chi connectivity index (χ4v) is 2.25. The molecule has 1 heterocycles. The monoisotopic (exact) mass is 348 g/mol. The average Bonchev–Trinajstić information content (AvgIpc) is 2.49. The molecule has 9 heteroatoms. The molecule has 0 spiro atoms. The van der Waals surface area contributed by atoms with Gasteiger partial charge in [0.05, 0.1) is 5.39 Å². The molecular weight excluding hydrogens is 335 g/mol. The van der Waals surface area contributed by atoms with Crippen molar-refractivity contribution in [3.63, 3.8) is 0 Å². The third kappa shape index (κ3) is 3.72. The Labute approximate surface area is 132 Å². The van der Waals surface area contributed by atoms with Crippen LogP contribution >= 0.6 is 0 Å². The highest BCUT2D eigenvalue weighted by Gasteiger charge is 2.28. The molecule has 1 aromatic heterocycles. The maximum Gasteiger partial charge on any atom is 0.405 e. The highest BCUT2D eigenvalue weighted by atomic mass is 19.4. The Bertz CT molecular complexity index is 842. The van der Waals surface area contributed by atoms with Gasteiger partial charge in [-0.1, -0.05) is 6.92 Å². The Morgan fingerprint density at radius 1 is 1.17 bits per heavy atom. The van der Waals surface area contributed by atoms with Crippen LogP contribution in [0.5, 0.6) is 0 Å². The van der Waals surface area contributed by atoms with Crippen LogP contribution in [0.2, 0.25) is 0 Å². The largest absolute Gasteiger partial charge is 0.405 e. The van der Waals surface area contributed by atoms with Gasteiger partial charge >= 0.3 is 6.18 Å². The molecule has 0 aliphatic rings. The minimum atomic E-state index is -4.61. The van der Waals surface area contributed by atoms with Gasteiger partial charge in [-0.05, 0) is 30.0 Å². The molecule has 2 rings (SSSR count). The fourth-order valence-electron chi connectivity index (χ4n) is 2.25. The van der Waals surface area contributed by atoms with E-state index >= 15 is 0 Å². The van der Waals surface area contributed by atoms with E-state index in [1.165, 1.54) is 0 Å². The van der Waals surface area contributed by atoms with Crippen LogP contribution < -0.4 is 10.9 Å². The molecule has 0 aliphatic heterocycles. The highest BCUT2D eigenvalue weighted by molar-refractivity contribution is 5.96. The molecule has 0 bridgehead atoms. The van der Waals surface area contributed by atoms with Crippen LogP contribution in [0.1, 0.15) is 23.8 Å². The molecule has 0 atom stereocenters. The molecule has 1 amide bonds. The third-order valence-electron chi connectivity index (χ3n) is 3.28. The van der Waals surface area contributed by atoms with Gasteiger partial charge in [0, 0.05) is 6.54 Å². The number of carbonyl (C=O) groups is 1. The standard InChI is InChI=1S/C15H13F5N2O2/c1-2-3-22-12(13(23)21-7-15(18,19)20)5-8-4-10(16)11(17)6-9(8)14(22)24/h4-6H,2-3,7H2,1H3,(H,21,23). The van der Waals surface area contributed by atoms with Crippen molar-refractivity contribution < 1.29 is 26.7 Å². The molecule has 0 aliphatic carbocycles. The predicted octanol–water partition coefficient (Wildman–Crippen LogP) is 2.98. The summed E-state index contributed by atoms with van der Waals surface area (Å²) >= 11 is 0. The van der Waals surface area contributed by atoms with Crippen LogP contribution in [0.4, 0.5) is 22.0 Å². The van der Waals surface area contributed by atoms with Gasteiger partial charge in [0.1, 0.15) is 12.2 Å². The van der Waals surface area contributed by atoms with Gasteiger partial charge in [0.2, 0.25) is 0 Å². The number of nitrogens with one attached hydrogen (secondary N) is 1. The summed E-state index contributed by atoms with van der Waals surface area (Å²) in [4.78, 5) is 24.4. The van der Waals surface area contributed by atoms with Crippen molar-refractivity contribution in [2.75, 3.05) is 6.54 Å². The lowest BCUT2D eigenvalue weighted by Gasteiger charge is -2.14. The summed E-state index contributed by atoms with van der Waals surface area (Å²) in [6, 6.07) is 2.50. The smallest absolute Gasteiger partial charge is 0.342 e. The van der Waals surface area contributed by atoms with E-state index in [0.29, 0.717) is 12.5 Å². The molecule has 0 fully saturated rings. The third-order valence-corrected chi connectivity index (χ3v) is 3.28. The van der Waals surface area contributed by atoms with Crippen molar-refractivity contribution in [1.29, 1.82) is 0 Å². The van der Waals surface area contributed by atoms with Crippen LogP contribution in [-0.2, 0) is 6.54 Å². The Morgan fingerprint density at radius 3 is 2.38 bits per heavy atom. The number of hydrogen-bond acceptors (Lipinski definition) is 2. The number of benzene rings is 1. The summed E-state index contributed by atoms with van der Waals surface area (Å²) in [5.74, 6) is -3.57. The summed E-state index contributed by atoms with van der Waals surface area (Å²) in [5, 5.41) is 1.44. The molecule has 0 saturated heterocycles. The zero-order chi connectivity index (χ0) is 18.1. The lowest BCUT2D eigenvalue weighted by molar-refractivity contribution is -0.123. The van der Waals surface area contributed by atoms with Gasteiger partial charge in [0.25, 0.3) is 11.5 Å². The summed E-state index contributed by atoms with van der Waals surface area (Å²) in [6.45, 7) is 0.170. The number of fused-ring (bicyclic) bond motifs is 1. The van der Waals surface area contributed by atoms with E-state index in [1.807, 2.05) is 0 Å². The number of carbonyl (C=O) groups excluding carboxylic acids is 1. The molecule has 24 heavy (non-hydrogen) atoms. The van der Waals surface area contributed by atoms with E-state index in [2.05, 4.69) is 0 Å². The zero-order valence-electron chi connectivity index (χ0n) is 12.5. The van der Waals surface area contributed by atoms with Crippen LogP contribution in [0.3, 0.4) is 0 Å². The van der Waals surface area contributed by atoms with Crippen molar-refractivity contribution in [3.05, 3.63) is 45.9 Å². The van der Waals surface area contributed by atoms with E-state index in [9.17, 15) is 31.5 Å². The molecular formula is C15H13F5N2O2. The minimum Gasteiger partial charge on any atom is -0.342 e. The minimum absolute atomic E-state index is 0.0442. The normalized spacial score (nSPS) is 11.8. The van der Waals surface area contributed by atoms with Gasteiger partial charge in [0.15, 0.2) is 11.6 Å². The lowest BCUT2D eigenvalue weighted by Crippen LogP contribution is -2.37. The number of halogens is 5. The Morgan fingerprint density at radius 2 is 1.79 bits per heavy atom. The van der Waals surface area contributed by atoms with E-state index < -0.39 is 35.8 Å². The van der Waals surface area contributed by atoms with Crippen LogP contribution in [-0.4, -0.2) is 23.2 Å². The van der Waals surface area contributed by atoms with Crippen molar-refractivity contribution in [2.24, 2.45) is 0 Å². The van der Waals surface area contributed by atoms with E-state index in [1.54, 1.807) is 12.2 Å². The first-order valence-corrected chi connectivity index (χ1v) is 7.01. The van der Waals surface area contributed by atoms with Gasteiger partial charge in [-0.15, -0.1) is 0 Å². The van der Waals surface area contributed by atoms with Crippen LogP contribution in [0, 0.1) is 11.6 Å². The number of nitrogens with zero attached hydrogens (tertiary/aromatic N) is 1. The van der Waals surface area contributed by atoms with Gasteiger partial charge < -0.3 is 9.88 Å². The SMILES string of the molecule is CCCn1c(C(=O)NCC(F)(F)F)cc2cc(F)c(F)cc2c1=O. The van der Waals surface area contributed by atoms with Crippen molar-refractivity contribution in [2.45, 2.75) is 26.1 Å². The second-order valence-electron chi connectivity index (χ2n) is 5.14. The second kappa shape index (κ2) is 6.58. The number of aromatic nitrogens is 1. The number of rotatable bonds is 4. The maximum atomic E-state index is 13.3. The van der Waals surface area contributed by atoms with E-state index in [4.69, 9.17) is 0 Å². The second-order valence-corrected chi connectivity index (χ2v) is 5.14. The molecule has 1 N–H and O–H groups in total. The molecule has 0 unspecified atom stereocenters. The van der Waals surface area contributed by atoms with Crippen LogP contribution in [0.15, 0.2) is 23.0 Å². The van der Waals surface area contributed by atoms with Crippen molar-refractivity contribution in [3.8, 4) is 0 Å². The Kier molecular flexibility index (Phi) is 4.91. The lowest BCUT2D eigenvalue weighted by atomic mass is 10.1. The predicted molar refractivity (Wildman–Crippen MR) is 76.8 cm³/mol. The molecule has 130 valence electrons. The molecule has 1 aromatic carbocycles. The quantitative estimate of drug-likeness (QED) is 0.864. The van der Waals surface area contributed by atoms with E-state index in [0.717, 1.165) is 16.7 Å². The molecule has 0 saturated carbocycles. The highest BCUT2D eigenvalue weighted by Crippen LogP contribution is 2.18. The Balaban J connectivity index is 2.59. The van der Waals surface area contributed by atoms with Crippen molar-refractivity contribution >= 4 is 16.7 Å². The van der Waals surface area contributed by atoms with Gasteiger partial charge in [-0.25, -0.2) is 8.78 Å². The van der Waals surface area contributed by atoms with E-state index in [-0.39, 0.29) is 23.0 Å². The summed E-state index contributed by atoms with van der Waals surface area (Å²) in [7, 11) is 0. The first-order chi connectivity index (χ1) is 11.1. The number of amides is 1. The first kappa shape index (κ1) is 17.9. The summed E-state index contributed by atoms with van der Waals surface area (Å²) in [6.07, 6.45) is -4.20. The van der Waals surface area contributed by atoms with Gasteiger partial charge in [-0.2, -0.15) is 13.2 Å². The first-order valence-electron chi connectivity index (χ1n) is 7.01. The van der Waals surface area contributed by atoms with Gasteiger partial charge in [-0.3, -0.25) is 9.59 Å².